The minimum atomic E-state index is -0.349. The summed E-state index contributed by atoms with van der Waals surface area (Å²) >= 11 is 0. The first-order chi connectivity index (χ1) is 11.6. The monoisotopic (exact) mass is 332 g/mol. The largest absolute Gasteiger partial charge is 0.493 e. The lowest BCUT2D eigenvalue weighted by Crippen LogP contribution is -2.35. The molecule has 1 aromatic rings. The normalized spacial score (nSPS) is 18.7. The molecule has 1 atom stereocenters. The van der Waals surface area contributed by atoms with Crippen molar-refractivity contribution in [3.8, 4) is 11.5 Å². The fourth-order valence-corrected chi connectivity index (χ4v) is 2.97. The molecule has 0 radical (unpaired) electrons. The SMILES string of the molecule is COC(=O)CCOc1cc2c(cc1OC)C(=O)N1CCC[C@H]1C=N2. The van der Waals surface area contributed by atoms with Crippen LogP contribution in [0.25, 0.3) is 0 Å². The number of amides is 1. The Morgan fingerprint density at radius 1 is 1.33 bits per heavy atom. The summed E-state index contributed by atoms with van der Waals surface area (Å²) in [6, 6.07) is 3.39. The number of methoxy groups -OCH3 is 2. The Morgan fingerprint density at radius 3 is 2.92 bits per heavy atom. The van der Waals surface area contributed by atoms with E-state index < -0.39 is 0 Å². The Kier molecular flexibility index (Phi) is 4.69. The van der Waals surface area contributed by atoms with Crippen molar-refractivity contribution in [1.29, 1.82) is 0 Å². The summed E-state index contributed by atoms with van der Waals surface area (Å²) in [6.07, 6.45) is 3.88. The van der Waals surface area contributed by atoms with Crippen molar-refractivity contribution < 1.29 is 23.8 Å². The first-order valence-corrected chi connectivity index (χ1v) is 7.91. The zero-order valence-electron chi connectivity index (χ0n) is 13.8. The average molecular weight is 332 g/mol. The molecular weight excluding hydrogens is 312 g/mol. The Balaban J connectivity index is 1.86. The van der Waals surface area contributed by atoms with Gasteiger partial charge in [0.25, 0.3) is 5.91 Å². The number of fused-ring (bicyclic) bond motifs is 2. The van der Waals surface area contributed by atoms with Gasteiger partial charge in [-0.1, -0.05) is 0 Å². The minimum Gasteiger partial charge on any atom is -0.493 e. The van der Waals surface area contributed by atoms with Crippen molar-refractivity contribution >= 4 is 23.8 Å². The summed E-state index contributed by atoms with van der Waals surface area (Å²) in [6.45, 7) is 0.906. The number of carbonyl (C=O) groups is 2. The van der Waals surface area contributed by atoms with Gasteiger partial charge in [-0.15, -0.1) is 0 Å². The number of carbonyl (C=O) groups excluding carboxylic acids is 2. The lowest BCUT2D eigenvalue weighted by molar-refractivity contribution is -0.141. The highest BCUT2D eigenvalue weighted by Crippen LogP contribution is 2.38. The van der Waals surface area contributed by atoms with E-state index in [1.807, 2.05) is 11.1 Å². The van der Waals surface area contributed by atoms with Gasteiger partial charge in [-0.05, 0) is 18.9 Å². The lowest BCUT2D eigenvalue weighted by Gasteiger charge is -2.20. The molecule has 0 unspecified atom stereocenters. The summed E-state index contributed by atoms with van der Waals surface area (Å²) in [5.74, 6) is 0.508. The van der Waals surface area contributed by atoms with Crippen LogP contribution in [0.2, 0.25) is 0 Å². The molecule has 3 rings (SSSR count). The fourth-order valence-electron chi connectivity index (χ4n) is 2.97. The zero-order valence-corrected chi connectivity index (χ0v) is 13.8. The minimum absolute atomic E-state index is 0.0376. The van der Waals surface area contributed by atoms with Gasteiger partial charge in [-0.25, -0.2) is 0 Å². The van der Waals surface area contributed by atoms with Gasteiger partial charge in [0, 0.05) is 18.8 Å². The van der Waals surface area contributed by atoms with Gasteiger partial charge in [0.15, 0.2) is 11.5 Å². The standard InChI is InChI=1S/C17H20N2O5/c1-22-14-8-12-13(9-15(14)24-7-5-16(20)23-2)18-10-11-4-3-6-19(11)17(12)21/h8-11H,3-7H2,1-2H3/t11-/m0/s1. The van der Waals surface area contributed by atoms with Crippen LogP contribution in [0.1, 0.15) is 29.6 Å². The molecule has 128 valence electrons. The molecule has 7 heteroatoms. The van der Waals surface area contributed by atoms with E-state index in [2.05, 4.69) is 9.73 Å². The molecule has 0 spiro atoms. The number of aliphatic imine (C=N–C) groups is 1. The molecule has 1 saturated heterocycles. The third-order valence-corrected chi connectivity index (χ3v) is 4.25. The third-order valence-electron chi connectivity index (χ3n) is 4.25. The maximum atomic E-state index is 12.7. The number of benzene rings is 1. The van der Waals surface area contributed by atoms with E-state index in [1.54, 1.807) is 12.1 Å². The highest BCUT2D eigenvalue weighted by atomic mass is 16.5. The van der Waals surface area contributed by atoms with Crippen molar-refractivity contribution in [1.82, 2.24) is 4.90 Å². The molecule has 0 aromatic heterocycles. The number of hydrogen-bond donors (Lipinski definition) is 0. The van der Waals surface area contributed by atoms with Gasteiger partial charge in [-0.2, -0.15) is 0 Å². The van der Waals surface area contributed by atoms with Crippen LogP contribution in [-0.4, -0.2) is 56.4 Å². The number of rotatable bonds is 5. The van der Waals surface area contributed by atoms with Gasteiger partial charge < -0.3 is 19.1 Å². The van der Waals surface area contributed by atoms with Gasteiger partial charge in [0.2, 0.25) is 0 Å². The Hall–Kier alpha value is -2.57. The van der Waals surface area contributed by atoms with E-state index >= 15 is 0 Å². The van der Waals surface area contributed by atoms with Crippen LogP contribution in [0.15, 0.2) is 17.1 Å². The highest BCUT2D eigenvalue weighted by molar-refractivity contribution is 6.03. The zero-order chi connectivity index (χ0) is 17.1. The highest BCUT2D eigenvalue weighted by Gasteiger charge is 2.32. The van der Waals surface area contributed by atoms with Crippen molar-refractivity contribution in [2.24, 2.45) is 4.99 Å². The van der Waals surface area contributed by atoms with Crippen LogP contribution in [0.4, 0.5) is 5.69 Å². The topological polar surface area (TPSA) is 77.4 Å². The van der Waals surface area contributed by atoms with Crippen molar-refractivity contribution in [3.63, 3.8) is 0 Å². The smallest absolute Gasteiger partial charge is 0.308 e. The molecule has 1 fully saturated rings. The lowest BCUT2D eigenvalue weighted by atomic mass is 10.1. The predicted octanol–water partition coefficient (Wildman–Crippen LogP) is 1.96. The summed E-state index contributed by atoms with van der Waals surface area (Å²) < 4.78 is 15.5. The molecule has 0 bridgehead atoms. The second-order valence-electron chi connectivity index (χ2n) is 5.68. The molecule has 7 nitrogen and oxygen atoms in total. The molecule has 1 amide bonds. The van der Waals surface area contributed by atoms with Gasteiger partial charge >= 0.3 is 5.97 Å². The maximum Gasteiger partial charge on any atom is 0.308 e. The molecule has 2 aliphatic rings. The number of ether oxygens (including phenoxy) is 3. The van der Waals surface area contributed by atoms with Gasteiger partial charge in [-0.3, -0.25) is 14.6 Å². The molecule has 0 aliphatic carbocycles. The van der Waals surface area contributed by atoms with Crippen LogP contribution in [-0.2, 0) is 9.53 Å². The molecule has 24 heavy (non-hydrogen) atoms. The van der Waals surface area contributed by atoms with Crippen molar-refractivity contribution in [3.05, 3.63) is 17.7 Å². The Bertz CT molecular complexity index is 686. The van der Waals surface area contributed by atoms with Gasteiger partial charge in [0.1, 0.15) is 0 Å². The van der Waals surface area contributed by atoms with E-state index in [0.29, 0.717) is 22.7 Å². The Morgan fingerprint density at radius 2 is 2.17 bits per heavy atom. The van der Waals surface area contributed by atoms with E-state index in [-0.39, 0.29) is 30.9 Å². The number of hydrogen-bond acceptors (Lipinski definition) is 6. The molecule has 1 aromatic carbocycles. The van der Waals surface area contributed by atoms with Crippen LogP contribution in [0.3, 0.4) is 0 Å². The average Bonchev–Trinajstić information content (AvgIpc) is 3.03. The molecule has 0 N–H and O–H groups in total. The molecule has 2 heterocycles. The Labute approximate surface area is 140 Å². The third kappa shape index (κ3) is 3.06. The van der Waals surface area contributed by atoms with Gasteiger partial charge in [0.05, 0.1) is 44.5 Å². The maximum absolute atomic E-state index is 12.7. The molecule has 0 saturated carbocycles. The van der Waals surface area contributed by atoms with Crippen LogP contribution in [0, 0.1) is 0 Å². The molecule has 2 aliphatic heterocycles. The second kappa shape index (κ2) is 6.90. The van der Waals surface area contributed by atoms with Crippen LogP contribution < -0.4 is 9.47 Å². The van der Waals surface area contributed by atoms with Crippen molar-refractivity contribution in [2.45, 2.75) is 25.3 Å². The number of esters is 1. The van der Waals surface area contributed by atoms with E-state index in [1.165, 1.54) is 14.2 Å². The quantitative estimate of drug-likeness (QED) is 0.770. The van der Waals surface area contributed by atoms with E-state index in [0.717, 1.165) is 19.4 Å². The van der Waals surface area contributed by atoms with Crippen LogP contribution in [0.5, 0.6) is 11.5 Å². The second-order valence-corrected chi connectivity index (χ2v) is 5.68. The summed E-state index contributed by atoms with van der Waals surface area (Å²) in [7, 11) is 2.84. The first kappa shape index (κ1) is 16.3. The first-order valence-electron chi connectivity index (χ1n) is 7.91. The fraction of sp³-hybridized carbons (Fsp3) is 0.471. The predicted molar refractivity (Wildman–Crippen MR) is 87.3 cm³/mol. The van der Waals surface area contributed by atoms with Crippen molar-refractivity contribution in [2.75, 3.05) is 27.4 Å². The van der Waals surface area contributed by atoms with E-state index in [9.17, 15) is 9.59 Å². The number of nitrogens with zero attached hydrogens (tertiary/aromatic N) is 2. The summed E-state index contributed by atoms with van der Waals surface area (Å²) in [5, 5.41) is 0. The summed E-state index contributed by atoms with van der Waals surface area (Å²) in [5.41, 5.74) is 1.07. The molecular formula is C17H20N2O5. The van der Waals surface area contributed by atoms with E-state index in [4.69, 9.17) is 9.47 Å². The summed E-state index contributed by atoms with van der Waals surface area (Å²) in [4.78, 5) is 30.2. The van der Waals surface area contributed by atoms with Crippen LogP contribution >= 0.6 is 0 Å².